The Morgan fingerprint density at radius 3 is 2.72 bits per heavy atom. The van der Waals surface area contributed by atoms with Crippen LogP contribution in [0.3, 0.4) is 0 Å². The number of nitrogens with zero attached hydrogens (tertiary/aromatic N) is 2. The Hall–Kier alpha value is -2.27. The highest BCUT2D eigenvalue weighted by atomic mass is 35.5. The SMILES string of the molecule is CC(C)(Oc1ccc(Cl)cc1)C(=O)NC1CCN(c2ccccn2)C1. The monoisotopic (exact) mass is 359 g/mol. The third-order valence-corrected chi connectivity index (χ3v) is 4.48. The van der Waals surface area contributed by atoms with Crippen molar-refractivity contribution in [2.24, 2.45) is 0 Å². The quantitative estimate of drug-likeness (QED) is 0.890. The molecule has 132 valence electrons. The van der Waals surface area contributed by atoms with Crippen LogP contribution in [0.15, 0.2) is 48.7 Å². The predicted octanol–water partition coefficient (Wildman–Crippen LogP) is 3.29. The lowest BCUT2D eigenvalue weighted by molar-refractivity contribution is -0.134. The fraction of sp³-hybridized carbons (Fsp3) is 0.368. The first-order valence-corrected chi connectivity index (χ1v) is 8.73. The number of ether oxygens (including phenoxy) is 1. The molecule has 1 N–H and O–H groups in total. The van der Waals surface area contributed by atoms with E-state index < -0.39 is 5.60 Å². The van der Waals surface area contributed by atoms with Crippen molar-refractivity contribution in [3.63, 3.8) is 0 Å². The third kappa shape index (κ3) is 4.42. The molecule has 0 radical (unpaired) electrons. The first-order valence-electron chi connectivity index (χ1n) is 8.35. The molecule has 0 saturated carbocycles. The summed E-state index contributed by atoms with van der Waals surface area (Å²) < 4.78 is 5.84. The predicted molar refractivity (Wildman–Crippen MR) is 99.2 cm³/mol. The minimum atomic E-state index is -0.966. The van der Waals surface area contributed by atoms with Crippen LogP contribution in [0.1, 0.15) is 20.3 Å². The summed E-state index contributed by atoms with van der Waals surface area (Å²) in [5, 5.41) is 3.73. The number of amides is 1. The second-order valence-electron chi connectivity index (χ2n) is 6.66. The molecule has 5 nitrogen and oxygen atoms in total. The number of hydrogen-bond acceptors (Lipinski definition) is 4. The van der Waals surface area contributed by atoms with Gasteiger partial charge in [0.2, 0.25) is 0 Å². The number of hydrogen-bond donors (Lipinski definition) is 1. The summed E-state index contributed by atoms with van der Waals surface area (Å²) >= 11 is 5.88. The van der Waals surface area contributed by atoms with Crippen LogP contribution >= 0.6 is 11.6 Å². The number of nitrogens with one attached hydrogen (secondary N) is 1. The Labute approximate surface area is 153 Å². The average molecular weight is 360 g/mol. The molecule has 1 aliphatic rings. The van der Waals surface area contributed by atoms with E-state index in [0.29, 0.717) is 10.8 Å². The van der Waals surface area contributed by atoms with Gasteiger partial charge in [0, 0.05) is 30.4 Å². The molecule has 0 aliphatic carbocycles. The highest BCUT2D eigenvalue weighted by Gasteiger charge is 2.33. The molecule has 1 saturated heterocycles. The number of anilines is 1. The number of rotatable bonds is 5. The number of carbonyl (C=O) groups excluding carboxylic acids is 1. The van der Waals surface area contributed by atoms with E-state index >= 15 is 0 Å². The zero-order valence-electron chi connectivity index (χ0n) is 14.4. The largest absolute Gasteiger partial charge is 0.478 e. The molecule has 6 heteroatoms. The molecule has 0 spiro atoms. The van der Waals surface area contributed by atoms with Crippen molar-refractivity contribution >= 4 is 23.3 Å². The molecule has 2 heterocycles. The Kier molecular flexibility index (Phi) is 5.13. The molecule has 3 rings (SSSR count). The Morgan fingerprint density at radius 2 is 2.04 bits per heavy atom. The highest BCUT2D eigenvalue weighted by molar-refractivity contribution is 6.30. The van der Waals surface area contributed by atoms with Gasteiger partial charge in [-0.3, -0.25) is 4.79 Å². The minimum Gasteiger partial charge on any atom is -0.478 e. The topological polar surface area (TPSA) is 54.5 Å². The van der Waals surface area contributed by atoms with Crippen molar-refractivity contribution in [1.82, 2.24) is 10.3 Å². The standard InChI is InChI=1S/C19H22ClN3O2/c1-19(2,25-16-8-6-14(20)7-9-16)18(24)22-15-10-12-23(13-15)17-5-3-4-11-21-17/h3-9,11,15H,10,12-13H2,1-2H3,(H,22,24). The van der Waals surface area contributed by atoms with Gasteiger partial charge >= 0.3 is 0 Å². The van der Waals surface area contributed by atoms with Gasteiger partial charge in [0.05, 0.1) is 0 Å². The molecule has 1 amide bonds. The number of aromatic nitrogens is 1. The Balaban J connectivity index is 1.57. The molecular weight excluding hydrogens is 338 g/mol. The molecule has 1 aromatic heterocycles. The smallest absolute Gasteiger partial charge is 0.263 e. The molecule has 1 aliphatic heterocycles. The Morgan fingerprint density at radius 1 is 1.28 bits per heavy atom. The van der Waals surface area contributed by atoms with Gasteiger partial charge in [-0.25, -0.2) is 4.98 Å². The fourth-order valence-corrected chi connectivity index (χ4v) is 2.96. The molecule has 1 fully saturated rings. The summed E-state index contributed by atoms with van der Waals surface area (Å²) in [7, 11) is 0. The summed E-state index contributed by atoms with van der Waals surface area (Å²) in [6, 6.07) is 12.9. The van der Waals surface area contributed by atoms with Crippen LogP contribution in [-0.4, -0.2) is 35.6 Å². The normalized spacial score (nSPS) is 17.4. The van der Waals surface area contributed by atoms with Crippen LogP contribution in [0.4, 0.5) is 5.82 Å². The summed E-state index contributed by atoms with van der Waals surface area (Å²) in [6.07, 6.45) is 2.67. The number of carbonyl (C=O) groups is 1. The van der Waals surface area contributed by atoms with Gasteiger partial charge in [-0.1, -0.05) is 17.7 Å². The van der Waals surface area contributed by atoms with Crippen molar-refractivity contribution in [2.75, 3.05) is 18.0 Å². The average Bonchev–Trinajstić information content (AvgIpc) is 3.06. The van der Waals surface area contributed by atoms with E-state index in [2.05, 4.69) is 15.2 Å². The maximum absolute atomic E-state index is 12.6. The maximum Gasteiger partial charge on any atom is 0.263 e. The van der Waals surface area contributed by atoms with E-state index in [1.165, 1.54) is 0 Å². The minimum absolute atomic E-state index is 0.0857. The zero-order chi connectivity index (χ0) is 17.9. The molecule has 1 aromatic carbocycles. The van der Waals surface area contributed by atoms with E-state index in [9.17, 15) is 4.79 Å². The molecule has 1 atom stereocenters. The second-order valence-corrected chi connectivity index (χ2v) is 7.10. The molecule has 0 bridgehead atoms. The highest BCUT2D eigenvalue weighted by Crippen LogP contribution is 2.22. The van der Waals surface area contributed by atoms with Crippen LogP contribution in [0.25, 0.3) is 0 Å². The Bertz CT molecular complexity index is 719. The summed E-state index contributed by atoms with van der Waals surface area (Å²) in [5.74, 6) is 1.43. The fourth-order valence-electron chi connectivity index (χ4n) is 2.83. The van der Waals surface area contributed by atoms with Crippen molar-refractivity contribution < 1.29 is 9.53 Å². The van der Waals surface area contributed by atoms with Gasteiger partial charge in [-0.05, 0) is 56.7 Å². The summed E-state index contributed by atoms with van der Waals surface area (Å²) in [4.78, 5) is 19.2. The van der Waals surface area contributed by atoms with Gasteiger partial charge in [0.15, 0.2) is 5.60 Å². The van der Waals surface area contributed by atoms with Crippen molar-refractivity contribution in [3.8, 4) is 5.75 Å². The van der Waals surface area contributed by atoms with Crippen LogP contribution in [-0.2, 0) is 4.79 Å². The van der Waals surface area contributed by atoms with Gasteiger partial charge in [-0.2, -0.15) is 0 Å². The van der Waals surface area contributed by atoms with Crippen LogP contribution in [0, 0.1) is 0 Å². The van der Waals surface area contributed by atoms with E-state index in [1.54, 1.807) is 44.3 Å². The van der Waals surface area contributed by atoms with Crippen molar-refractivity contribution in [1.29, 1.82) is 0 Å². The van der Waals surface area contributed by atoms with E-state index in [4.69, 9.17) is 16.3 Å². The van der Waals surface area contributed by atoms with Gasteiger partial charge in [0.1, 0.15) is 11.6 Å². The van der Waals surface area contributed by atoms with Crippen LogP contribution in [0.5, 0.6) is 5.75 Å². The first-order chi connectivity index (χ1) is 11.9. The zero-order valence-corrected chi connectivity index (χ0v) is 15.2. The molecular formula is C19H22ClN3O2. The van der Waals surface area contributed by atoms with E-state index in [0.717, 1.165) is 25.3 Å². The van der Waals surface area contributed by atoms with Crippen molar-refractivity contribution in [3.05, 3.63) is 53.7 Å². The summed E-state index contributed by atoms with van der Waals surface area (Å²) in [5.41, 5.74) is -0.966. The number of halogens is 1. The first kappa shape index (κ1) is 17.5. The number of benzene rings is 1. The second kappa shape index (κ2) is 7.31. The van der Waals surface area contributed by atoms with Gasteiger partial charge < -0.3 is 15.0 Å². The van der Waals surface area contributed by atoms with Crippen molar-refractivity contribution in [2.45, 2.75) is 31.9 Å². The molecule has 25 heavy (non-hydrogen) atoms. The van der Waals surface area contributed by atoms with Gasteiger partial charge in [-0.15, -0.1) is 0 Å². The summed E-state index contributed by atoms with van der Waals surface area (Å²) in [6.45, 7) is 5.16. The maximum atomic E-state index is 12.6. The molecule has 1 unspecified atom stereocenters. The lowest BCUT2D eigenvalue weighted by atomic mass is 10.1. The molecule has 2 aromatic rings. The lowest BCUT2D eigenvalue weighted by Gasteiger charge is -2.27. The van der Waals surface area contributed by atoms with Crippen LogP contribution < -0.4 is 15.0 Å². The van der Waals surface area contributed by atoms with Gasteiger partial charge in [0.25, 0.3) is 5.91 Å². The number of pyridine rings is 1. The lowest BCUT2D eigenvalue weighted by Crippen LogP contribution is -2.50. The van der Waals surface area contributed by atoms with E-state index in [-0.39, 0.29) is 11.9 Å². The third-order valence-electron chi connectivity index (χ3n) is 4.23. The van der Waals surface area contributed by atoms with E-state index in [1.807, 2.05) is 18.2 Å². The van der Waals surface area contributed by atoms with Crippen LogP contribution in [0.2, 0.25) is 5.02 Å².